The SMILES string of the molecule is O=C(NS(=O)(=O)c1ccc(Br)cc1)c1ccccc1O. The van der Waals surface area contributed by atoms with E-state index in [0.717, 1.165) is 4.47 Å². The Morgan fingerprint density at radius 3 is 2.25 bits per heavy atom. The van der Waals surface area contributed by atoms with Crippen LogP contribution in [0.2, 0.25) is 0 Å². The molecule has 2 aromatic rings. The summed E-state index contributed by atoms with van der Waals surface area (Å²) in [7, 11) is -3.97. The van der Waals surface area contributed by atoms with Crippen molar-refractivity contribution in [2.24, 2.45) is 0 Å². The first-order valence-electron chi connectivity index (χ1n) is 5.51. The highest BCUT2D eigenvalue weighted by molar-refractivity contribution is 9.10. The maximum Gasteiger partial charge on any atom is 0.268 e. The number of carbonyl (C=O) groups is 1. The summed E-state index contributed by atoms with van der Waals surface area (Å²) >= 11 is 3.19. The summed E-state index contributed by atoms with van der Waals surface area (Å²) in [6.45, 7) is 0. The maximum atomic E-state index is 12.0. The van der Waals surface area contributed by atoms with Gasteiger partial charge in [-0.3, -0.25) is 4.79 Å². The summed E-state index contributed by atoms with van der Waals surface area (Å²) < 4.78 is 26.7. The van der Waals surface area contributed by atoms with Gasteiger partial charge < -0.3 is 5.11 Å². The third-order valence-corrected chi connectivity index (χ3v) is 4.38. The molecular weight excluding hydrogens is 346 g/mol. The molecule has 1 amide bonds. The summed E-state index contributed by atoms with van der Waals surface area (Å²) in [6, 6.07) is 11.5. The summed E-state index contributed by atoms with van der Waals surface area (Å²) in [5, 5.41) is 9.52. The van der Waals surface area contributed by atoms with Gasteiger partial charge >= 0.3 is 0 Å². The number of aromatic hydroxyl groups is 1. The average molecular weight is 356 g/mol. The minimum atomic E-state index is -3.97. The fourth-order valence-electron chi connectivity index (χ4n) is 1.52. The molecule has 104 valence electrons. The van der Waals surface area contributed by atoms with E-state index in [4.69, 9.17) is 0 Å². The van der Waals surface area contributed by atoms with Gasteiger partial charge in [0.15, 0.2) is 0 Å². The van der Waals surface area contributed by atoms with Crippen LogP contribution in [-0.4, -0.2) is 19.4 Å². The molecule has 0 fully saturated rings. The van der Waals surface area contributed by atoms with E-state index in [9.17, 15) is 18.3 Å². The van der Waals surface area contributed by atoms with E-state index in [1.165, 1.54) is 36.4 Å². The van der Waals surface area contributed by atoms with Crippen molar-refractivity contribution in [2.45, 2.75) is 4.90 Å². The molecule has 0 aliphatic heterocycles. The number of phenols is 1. The summed E-state index contributed by atoms with van der Waals surface area (Å²) in [6.07, 6.45) is 0. The first-order valence-corrected chi connectivity index (χ1v) is 7.78. The Kier molecular flexibility index (Phi) is 4.10. The van der Waals surface area contributed by atoms with Crippen LogP contribution in [0.25, 0.3) is 0 Å². The van der Waals surface area contributed by atoms with Crippen molar-refractivity contribution in [1.29, 1.82) is 0 Å². The van der Waals surface area contributed by atoms with Crippen molar-refractivity contribution in [3.05, 3.63) is 58.6 Å². The van der Waals surface area contributed by atoms with Crippen molar-refractivity contribution in [2.75, 3.05) is 0 Å². The van der Waals surface area contributed by atoms with Crippen LogP contribution in [0.5, 0.6) is 5.75 Å². The van der Waals surface area contributed by atoms with Gasteiger partial charge in [-0.05, 0) is 36.4 Å². The molecule has 2 aromatic carbocycles. The number of halogens is 1. The molecule has 0 radical (unpaired) electrons. The number of nitrogens with one attached hydrogen (secondary N) is 1. The first kappa shape index (κ1) is 14.5. The third kappa shape index (κ3) is 3.17. The fraction of sp³-hybridized carbons (Fsp3) is 0. The van der Waals surface area contributed by atoms with Crippen molar-refractivity contribution in [3.63, 3.8) is 0 Å². The second kappa shape index (κ2) is 5.64. The smallest absolute Gasteiger partial charge is 0.268 e. The first-order chi connectivity index (χ1) is 9.40. The van der Waals surface area contributed by atoms with E-state index in [1.807, 2.05) is 4.72 Å². The van der Waals surface area contributed by atoms with E-state index in [1.54, 1.807) is 12.1 Å². The molecule has 0 bridgehead atoms. The van der Waals surface area contributed by atoms with E-state index >= 15 is 0 Å². The van der Waals surface area contributed by atoms with Crippen molar-refractivity contribution in [1.82, 2.24) is 4.72 Å². The molecule has 0 unspecified atom stereocenters. The molecule has 20 heavy (non-hydrogen) atoms. The number of hydrogen-bond donors (Lipinski definition) is 2. The average Bonchev–Trinajstić information content (AvgIpc) is 2.39. The van der Waals surface area contributed by atoms with Crippen LogP contribution < -0.4 is 4.72 Å². The van der Waals surface area contributed by atoms with Gasteiger partial charge in [0.2, 0.25) is 0 Å². The lowest BCUT2D eigenvalue weighted by atomic mass is 10.2. The van der Waals surface area contributed by atoms with Gasteiger partial charge in [-0.1, -0.05) is 28.1 Å². The normalized spacial score (nSPS) is 11.1. The number of hydrogen-bond acceptors (Lipinski definition) is 4. The number of rotatable bonds is 3. The lowest BCUT2D eigenvalue weighted by molar-refractivity contribution is 0.0979. The zero-order valence-corrected chi connectivity index (χ0v) is 12.5. The molecule has 5 nitrogen and oxygen atoms in total. The molecule has 0 atom stereocenters. The van der Waals surface area contributed by atoms with Crippen molar-refractivity contribution >= 4 is 31.9 Å². The van der Waals surface area contributed by atoms with E-state index in [0.29, 0.717) is 0 Å². The fourth-order valence-corrected chi connectivity index (χ4v) is 2.75. The Bertz CT molecular complexity index is 741. The number of carbonyl (C=O) groups excluding carboxylic acids is 1. The molecule has 0 saturated carbocycles. The van der Waals surface area contributed by atoms with Crippen molar-refractivity contribution in [3.8, 4) is 5.75 Å². The van der Waals surface area contributed by atoms with Crippen LogP contribution >= 0.6 is 15.9 Å². The van der Waals surface area contributed by atoms with Gasteiger partial charge in [0.05, 0.1) is 10.5 Å². The Morgan fingerprint density at radius 1 is 1.05 bits per heavy atom. The standard InChI is InChI=1S/C13H10BrNO4S/c14-9-5-7-10(8-6-9)20(18,19)15-13(17)11-3-1-2-4-12(11)16/h1-8,16H,(H,15,17). The second-order valence-corrected chi connectivity index (χ2v) is 6.50. The number of benzene rings is 2. The lowest BCUT2D eigenvalue weighted by Gasteiger charge is -2.08. The van der Waals surface area contributed by atoms with Crippen LogP contribution in [0, 0.1) is 0 Å². The number of para-hydroxylation sites is 1. The molecule has 0 aliphatic rings. The van der Waals surface area contributed by atoms with Gasteiger partial charge in [-0.25, -0.2) is 13.1 Å². The van der Waals surface area contributed by atoms with Gasteiger partial charge in [-0.15, -0.1) is 0 Å². The predicted molar refractivity (Wildman–Crippen MR) is 76.9 cm³/mol. The maximum absolute atomic E-state index is 12.0. The van der Waals surface area contributed by atoms with Crippen LogP contribution in [0.15, 0.2) is 57.9 Å². The second-order valence-electron chi connectivity index (χ2n) is 3.91. The highest BCUT2D eigenvalue weighted by Crippen LogP contribution is 2.18. The quantitative estimate of drug-likeness (QED) is 0.884. The Labute approximate surface area is 124 Å². The van der Waals surface area contributed by atoms with Gasteiger partial charge in [0.1, 0.15) is 5.75 Å². The largest absolute Gasteiger partial charge is 0.507 e. The lowest BCUT2D eigenvalue weighted by Crippen LogP contribution is -2.30. The summed E-state index contributed by atoms with van der Waals surface area (Å²) in [4.78, 5) is 11.8. The van der Waals surface area contributed by atoms with Gasteiger partial charge in [0, 0.05) is 4.47 Å². The van der Waals surface area contributed by atoms with E-state index < -0.39 is 15.9 Å². The molecule has 7 heteroatoms. The highest BCUT2D eigenvalue weighted by Gasteiger charge is 2.20. The van der Waals surface area contributed by atoms with Crippen LogP contribution in [-0.2, 0) is 10.0 Å². The molecule has 0 aromatic heterocycles. The van der Waals surface area contributed by atoms with E-state index in [2.05, 4.69) is 15.9 Å². The van der Waals surface area contributed by atoms with Crippen molar-refractivity contribution < 1.29 is 18.3 Å². The monoisotopic (exact) mass is 355 g/mol. The number of amides is 1. The third-order valence-electron chi connectivity index (χ3n) is 2.50. The van der Waals surface area contributed by atoms with Gasteiger partial charge in [-0.2, -0.15) is 0 Å². The Hall–Kier alpha value is -1.86. The Balaban J connectivity index is 2.27. The molecule has 0 spiro atoms. The highest BCUT2D eigenvalue weighted by atomic mass is 79.9. The van der Waals surface area contributed by atoms with Gasteiger partial charge in [0.25, 0.3) is 15.9 Å². The number of sulfonamides is 1. The van der Waals surface area contributed by atoms with E-state index in [-0.39, 0.29) is 16.2 Å². The minimum Gasteiger partial charge on any atom is -0.507 e. The number of phenolic OH excluding ortho intramolecular Hbond substituents is 1. The summed E-state index contributed by atoms with van der Waals surface area (Å²) in [5.41, 5.74) is -0.104. The molecule has 0 aliphatic carbocycles. The summed E-state index contributed by atoms with van der Waals surface area (Å²) in [5.74, 6) is -1.16. The molecule has 2 N–H and O–H groups in total. The minimum absolute atomic E-state index is 0.0375. The molecule has 0 heterocycles. The molecule has 2 rings (SSSR count). The van der Waals surface area contributed by atoms with Crippen LogP contribution in [0.4, 0.5) is 0 Å². The Morgan fingerprint density at radius 2 is 1.65 bits per heavy atom. The van der Waals surface area contributed by atoms with Crippen LogP contribution in [0.1, 0.15) is 10.4 Å². The zero-order chi connectivity index (χ0) is 14.8. The topological polar surface area (TPSA) is 83.5 Å². The zero-order valence-electron chi connectivity index (χ0n) is 10.1. The molecule has 0 saturated heterocycles. The molecular formula is C13H10BrNO4S. The van der Waals surface area contributed by atoms with Crippen LogP contribution in [0.3, 0.4) is 0 Å². The predicted octanol–water partition coefficient (Wildman–Crippen LogP) is 2.27.